The summed E-state index contributed by atoms with van der Waals surface area (Å²) in [5, 5.41) is 22.6. The minimum absolute atomic E-state index is 0.0700. The van der Waals surface area contributed by atoms with Crippen molar-refractivity contribution < 1.29 is 9.84 Å². The van der Waals surface area contributed by atoms with Crippen molar-refractivity contribution >= 4 is 10.9 Å². The van der Waals surface area contributed by atoms with Crippen LogP contribution in [0, 0.1) is 6.92 Å². The van der Waals surface area contributed by atoms with Crippen molar-refractivity contribution in [2.24, 2.45) is 0 Å². The maximum Gasteiger partial charge on any atom is 0.252 e. The standard InChI is InChI=1S/C24H28N6O3/c1-17-4-9-22-19(12-17)13-20(24(32)25-22)15-29(10-3-11-31)16-23-26-27-28-30(23)14-18-5-7-21(33-2)8-6-18/h4-9,12-13,31H,3,10-11,14-16H2,1-2H3,(H,25,32). The lowest BCUT2D eigenvalue weighted by molar-refractivity contribution is 0.206. The van der Waals surface area contributed by atoms with Gasteiger partial charge in [0.15, 0.2) is 5.82 Å². The number of aromatic amines is 1. The fraction of sp³-hybridized carbons (Fsp3) is 0.333. The van der Waals surface area contributed by atoms with Gasteiger partial charge < -0.3 is 14.8 Å². The highest BCUT2D eigenvalue weighted by Crippen LogP contribution is 2.16. The summed E-state index contributed by atoms with van der Waals surface area (Å²) < 4.78 is 6.97. The second-order valence-corrected chi connectivity index (χ2v) is 8.10. The average molecular weight is 449 g/mol. The number of aliphatic hydroxyl groups excluding tert-OH is 1. The third-order valence-electron chi connectivity index (χ3n) is 5.57. The van der Waals surface area contributed by atoms with Gasteiger partial charge in [-0.2, -0.15) is 0 Å². The molecule has 2 aromatic heterocycles. The molecule has 0 aliphatic carbocycles. The number of methoxy groups -OCH3 is 1. The summed E-state index contributed by atoms with van der Waals surface area (Å²) in [7, 11) is 1.64. The quantitative estimate of drug-likeness (QED) is 0.383. The first-order valence-electron chi connectivity index (χ1n) is 10.9. The molecule has 0 aliphatic rings. The van der Waals surface area contributed by atoms with Crippen molar-refractivity contribution in [1.29, 1.82) is 0 Å². The molecule has 9 heteroatoms. The fourth-order valence-corrected chi connectivity index (χ4v) is 3.80. The number of tetrazole rings is 1. The highest BCUT2D eigenvalue weighted by atomic mass is 16.5. The van der Waals surface area contributed by atoms with Crippen LogP contribution in [0.2, 0.25) is 0 Å². The third kappa shape index (κ3) is 5.63. The van der Waals surface area contributed by atoms with Crippen LogP contribution in [0.5, 0.6) is 5.75 Å². The van der Waals surface area contributed by atoms with Crippen molar-refractivity contribution in [2.45, 2.75) is 33.0 Å². The van der Waals surface area contributed by atoms with Crippen molar-refractivity contribution in [1.82, 2.24) is 30.1 Å². The molecule has 0 saturated carbocycles. The Bertz CT molecular complexity index is 1270. The molecule has 4 rings (SSSR count). The molecular weight excluding hydrogens is 420 g/mol. The largest absolute Gasteiger partial charge is 0.497 e. The molecule has 0 bridgehead atoms. The number of benzene rings is 2. The van der Waals surface area contributed by atoms with Crippen molar-refractivity contribution in [3.63, 3.8) is 0 Å². The maximum atomic E-state index is 12.7. The first kappa shape index (κ1) is 22.6. The minimum Gasteiger partial charge on any atom is -0.497 e. The molecule has 2 aromatic carbocycles. The van der Waals surface area contributed by atoms with Crippen molar-refractivity contribution in [2.75, 3.05) is 20.3 Å². The van der Waals surface area contributed by atoms with Gasteiger partial charge in [-0.15, -0.1) is 5.10 Å². The maximum absolute atomic E-state index is 12.7. The Balaban J connectivity index is 1.54. The molecular formula is C24H28N6O3. The predicted molar refractivity (Wildman–Crippen MR) is 125 cm³/mol. The molecule has 0 spiro atoms. The number of hydrogen-bond acceptors (Lipinski definition) is 7. The first-order chi connectivity index (χ1) is 16.1. The molecule has 9 nitrogen and oxygen atoms in total. The Labute approximate surface area is 191 Å². The lowest BCUT2D eigenvalue weighted by atomic mass is 10.1. The summed E-state index contributed by atoms with van der Waals surface area (Å²) in [6.45, 7) is 4.11. The van der Waals surface area contributed by atoms with Crippen molar-refractivity contribution in [3.05, 3.63) is 81.4 Å². The monoisotopic (exact) mass is 448 g/mol. The summed E-state index contributed by atoms with van der Waals surface area (Å²) in [5.41, 5.74) is 3.56. The zero-order valence-corrected chi connectivity index (χ0v) is 18.9. The van der Waals surface area contributed by atoms with E-state index in [9.17, 15) is 9.90 Å². The summed E-state index contributed by atoms with van der Waals surface area (Å²) in [6.07, 6.45) is 0.588. The smallest absolute Gasteiger partial charge is 0.252 e. The number of aromatic nitrogens is 5. The Morgan fingerprint density at radius 2 is 1.94 bits per heavy atom. The van der Waals surface area contributed by atoms with Gasteiger partial charge in [0.1, 0.15) is 5.75 Å². The highest BCUT2D eigenvalue weighted by molar-refractivity contribution is 5.79. The number of nitrogens with one attached hydrogen (secondary N) is 1. The molecule has 172 valence electrons. The number of nitrogens with zero attached hydrogens (tertiary/aromatic N) is 5. The van der Waals surface area contributed by atoms with Gasteiger partial charge in [-0.25, -0.2) is 4.68 Å². The molecule has 0 unspecified atom stereocenters. The van der Waals surface area contributed by atoms with Gasteiger partial charge in [-0.3, -0.25) is 9.69 Å². The van der Waals surface area contributed by atoms with Crippen LogP contribution in [0.4, 0.5) is 0 Å². The van der Waals surface area contributed by atoms with Crippen LogP contribution in [-0.2, 0) is 19.6 Å². The van der Waals surface area contributed by atoms with E-state index in [1.165, 1.54) is 0 Å². The van der Waals surface area contributed by atoms with E-state index in [4.69, 9.17) is 4.74 Å². The highest BCUT2D eigenvalue weighted by Gasteiger charge is 2.15. The van der Waals surface area contributed by atoms with Gasteiger partial charge in [-0.1, -0.05) is 23.8 Å². The molecule has 33 heavy (non-hydrogen) atoms. The van der Waals surface area contributed by atoms with Gasteiger partial charge in [-0.05, 0) is 65.1 Å². The molecule has 0 aliphatic heterocycles. The van der Waals surface area contributed by atoms with E-state index in [0.717, 1.165) is 27.8 Å². The van der Waals surface area contributed by atoms with E-state index in [1.54, 1.807) is 11.8 Å². The number of rotatable bonds is 10. The topological polar surface area (TPSA) is 109 Å². The zero-order valence-electron chi connectivity index (χ0n) is 18.9. The van der Waals surface area contributed by atoms with Gasteiger partial charge in [0.2, 0.25) is 0 Å². The normalized spacial score (nSPS) is 11.4. The number of aryl methyl sites for hydroxylation is 1. The van der Waals surface area contributed by atoms with E-state index < -0.39 is 0 Å². The molecule has 0 fully saturated rings. The number of ether oxygens (including phenoxy) is 1. The molecule has 4 aromatic rings. The fourth-order valence-electron chi connectivity index (χ4n) is 3.80. The Kier molecular flexibility index (Phi) is 7.11. The zero-order chi connectivity index (χ0) is 23.2. The molecule has 0 atom stereocenters. The second kappa shape index (κ2) is 10.4. The molecule has 0 radical (unpaired) electrons. The van der Waals surface area contributed by atoms with Crippen LogP contribution in [0.25, 0.3) is 10.9 Å². The van der Waals surface area contributed by atoms with E-state index in [2.05, 4.69) is 31.5 Å². The van der Waals surface area contributed by atoms with Gasteiger partial charge >= 0.3 is 0 Å². The number of H-pyrrole nitrogens is 1. The molecule has 0 amide bonds. The Hall–Kier alpha value is -3.56. The first-order valence-corrected chi connectivity index (χ1v) is 10.9. The van der Waals surface area contributed by atoms with Gasteiger partial charge in [0.25, 0.3) is 5.56 Å². The molecule has 2 heterocycles. The summed E-state index contributed by atoms with van der Waals surface area (Å²) >= 11 is 0. The molecule has 0 saturated heterocycles. The SMILES string of the molecule is COc1ccc(Cn2nnnc2CN(CCCO)Cc2cc3cc(C)ccc3[nH]c2=O)cc1. The van der Waals surface area contributed by atoms with Crippen LogP contribution in [0.1, 0.15) is 28.9 Å². The molecule has 2 N–H and O–H groups in total. The van der Waals surface area contributed by atoms with E-state index in [-0.39, 0.29) is 12.2 Å². The number of aliphatic hydroxyl groups is 1. The second-order valence-electron chi connectivity index (χ2n) is 8.10. The van der Waals surface area contributed by atoms with Crippen LogP contribution >= 0.6 is 0 Å². The summed E-state index contributed by atoms with van der Waals surface area (Å²) in [4.78, 5) is 17.8. The van der Waals surface area contributed by atoms with Crippen LogP contribution in [-0.4, -0.2) is 55.5 Å². The average Bonchev–Trinajstić information content (AvgIpc) is 3.25. The lowest BCUT2D eigenvalue weighted by Gasteiger charge is -2.21. The van der Waals surface area contributed by atoms with E-state index in [0.29, 0.717) is 44.0 Å². The van der Waals surface area contributed by atoms with Gasteiger partial charge in [0, 0.05) is 30.8 Å². The van der Waals surface area contributed by atoms with E-state index in [1.807, 2.05) is 49.4 Å². The van der Waals surface area contributed by atoms with Gasteiger partial charge in [0.05, 0.1) is 20.2 Å². The Morgan fingerprint density at radius 3 is 2.70 bits per heavy atom. The van der Waals surface area contributed by atoms with Crippen LogP contribution < -0.4 is 10.3 Å². The van der Waals surface area contributed by atoms with Crippen LogP contribution in [0.3, 0.4) is 0 Å². The van der Waals surface area contributed by atoms with E-state index >= 15 is 0 Å². The number of hydrogen-bond donors (Lipinski definition) is 2. The lowest BCUT2D eigenvalue weighted by Crippen LogP contribution is -2.29. The predicted octanol–water partition coefficient (Wildman–Crippen LogP) is 2.26. The minimum atomic E-state index is -0.113. The van der Waals surface area contributed by atoms with Crippen LogP contribution in [0.15, 0.2) is 53.3 Å². The summed E-state index contributed by atoms with van der Waals surface area (Å²) in [5.74, 6) is 1.48. The Morgan fingerprint density at radius 1 is 1.12 bits per heavy atom. The third-order valence-corrected chi connectivity index (χ3v) is 5.57. The number of pyridine rings is 1. The van der Waals surface area contributed by atoms with Crippen molar-refractivity contribution in [3.8, 4) is 5.75 Å². The number of fused-ring (bicyclic) bond motifs is 1. The summed E-state index contributed by atoms with van der Waals surface area (Å²) in [6, 6.07) is 15.7.